The first-order chi connectivity index (χ1) is 15.7. The lowest BCUT2D eigenvalue weighted by Crippen LogP contribution is -2.12. The fraction of sp³-hybridized carbons (Fsp3) is 0.321. The van der Waals surface area contributed by atoms with E-state index in [-0.39, 0.29) is 11.8 Å². The standard InChI is InChI=1S/C28H27N3O/c1-2-31-27(22-14-19-9-3-4-10-20(19)15-22)29-30-28(31)25-17-24(25)26(32)16-21-12-7-11-18-8-5-6-13-23(18)21/h3-13,22,24-25H,2,14-17H2,1H3/t24-,25-/m0/s1. The van der Waals surface area contributed by atoms with Crippen molar-refractivity contribution in [3.05, 3.63) is 95.1 Å². The molecule has 0 spiro atoms. The molecule has 2 aliphatic rings. The van der Waals surface area contributed by atoms with Gasteiger partial charge in [0, 0.05) is 30.7 Å². The number of nitrogens with zero attached hydrogens (tertiary/aromatic N) is 3. The molecule has 4 aromatic rings. The van der Waals surface area contributed by atoms with Gasteiger partial charge in [0.2, 0.25) is 0 Å². The zero-order valence-corrected chi connectivity index (χ0v) is 18.4. The Morgan fingerprint density at radius 2 is 1.59 bits per heavy atom. The Morgan fingerprint density at radius 1 is 0.906 bits per heavy atom. The zero-order valence-electron chi connectivity index (χ0n) is 18.4. The summed E-state index contributed by atoms with van der Waals surface area (Å²) in [7, 11) is 0. The molecular weight excluding hydrogens is 394 g/mol. The summed E-state index contributed by atoms with van der Waals surface area (Å²) in [4.78, 5) is 13.2. The molecule has 0 amide bonds. The number of hydrogen-bond acceptors (Lipinski definition) is 3. The molecule has 1 saturated carbocycles. The van der Waals surface area contributed by atoms with Gasteiger partial charge < -0.3 is 4.57 Å². The van der Waals surface area contributed by atoms with Crippen LogP contribution in [0.5, 0.6) is 0 Å². The highest BCUT2D eigenvalue weighted by molar-refractivity contribution is 5.93. The predicted octanol–water partition coefficient (Wildman–Crippen LogP) is 5.25. The SMILES string of the molecule is CCn1c(C2Cc3ccccc3C2)nnc1[C@H]1C[C@@H]1C(=O)Cc1cccc2ccccc12. The smallest absolute Gasteiger partial charge is 0.141 e. The summed E-state index contributed by atoms with van der Waals surface area (Å²) < 4.78 is 2.28. The van der Waals surface area contributed by atoms with Gasteiger partial charge in [-0.15, -0.1) is 10.2 Å². The minimum absolute atomic E-state index is 0.0668. The molecule has 1 fully saturated rings. The van der Waals surface area contributed by atoms with Gasteiger partial charge in [0.1, 0.15) is 17.4 Å². The van der Waals surface area contributed by atoms with E-state index in [4.69, 9.17) is 0 Å². The number of rotatable bonds is 6. The van der Waals surface area contributed by atoms with E-state index in [9.17, 15) is 4.79 Å². The fourth-order valence-electron chi connectivity index (χ4n) is 5.57. The lowest BCUT2D eigenvalue weighted by atomic mass is 9.98. The highest BCUT2D eigenvalue weighted by atomic mass is 16.1. The molecule has 32 heavy (non-hydrogen) atoms. The van der Waals surface area contributed by atoms with Crippen LogP contribution in [0.4, 0.5) is 0 Å². The molecule has 4 heteroatoms. The third-order valence-electron chi connectivity index (χ3n) is 7.32. The summed E-state index contributed by atoms with van der Waals surface area (Å²) in [5.74, 6) is 3.09. The lowest BCUT2D eigenvalue weighted by Gasteiger charge is -2.12. The topological polar surface area (TPSA) is 47.8 Å². The number of Topliss-reactive ketones (excluding diaryl/α,β-unsaturated/α-hetero) is 1. The van der Waals surface area contributed by atoms with Gasteiger partial charge in [-0.2, -0.15) is 0 Å². The van der Waals surface area contributed by atoms with Crippen LogP contribution in [0.3, 0.4) is 0 Å². The maximum absolute atomic E-state index is 13.2. The van der Waals surface area contributed by atoms with Crippen molar-refractivity contribution < 1.29 is 4.79 Å². The molecule has 6 rings (SSSR count). The number of aromatic nitrogens is 3. The van der Waals surface area contributed by atoms with Crippen molar-refractivity contribution in [2.75, 3.05) is 0 Å². The van der Waals surface area contributed by atoms with Crippen LogP contribution >= 0.6 is 0 Å². The Labute approximate surface area is 188 Å². The lowest BCUT2D eigenvalue weighted by molar-refractivity contribution is -0.119. The minimum atomic E-state index is 0.0668. The van der Waals surface area contributed by atoms with Gasteiger partial charge in [-0.3, -0.25) is 4.79 Å². The van der Waals surface area contributed by atoms with Gasteiger partial charge in [0.25, 0.3) is 0 Å². The van der Waals surface area contributed by atoms with Crippen molar-refractivity contribution >= 4 is 16.6 Å². The Bertz CT molecular complexity index is 1290. The quantitative estimate of drug-likeness (QED) is 0.427. The van der Waals surface area contributed by atoms with Gasteiger partial charge in [-0.25, -0.2) is 0 Å². The first kappa shape index (κ1) is 19.4. The third-order valence-corrected chi connectivity index (χ3v) is 7.32. The van der Waals surface area contributed by atoms with Crippen LogP contribution in [0.2, 0.25) is 0 Å². The molecule has 0 radical (unpaired) electrons. The minimum Gasteiger partial charge on any atom is -0.315 e. The summed E-state index contributed by atoms with van der Waals surface area (Å²) in [5.41, 5.74) is 3.98. The van der Waals surface area contributed by atoms with Gasteiger partial charge in [-0.05, 0) is 53.6 Å². The average Bonchev–Trinajstić information content (AvgIpc) is 3.32. The summed E-state index contributed by atoms with van der Waals surface area (Å²) in [5, 5.41) is 11.6. The number of fused-ring (bicyclic) bond motifs is 2. The van der Waals surface area contributed by atoms with E-state index in [1.807, 2.05) is 12.1 Å². The Kier molecular flexibility index (Phi) is 4.67. The van der Waals surface area contributed by atoms with Crippen LogP contribution in [-0.2, 0) is 30.6 Å². The number of benzene rings is 3. The molecular formula is C28H27N3O. The molecule has 0 bridgehead atoms. The summed E-state index contributed by atoms with van der Waals surface area (Å²) in [6.07, 6.45) is 3.45. The van der Waals surface area contributed by atoms with E-state index in [1.54, 1.807) is 0 Å². The molecule has 1 aromatic heterocycles. The average molecular weight is 422 g/mol. The van der Waals surface area contributed by atoms with E-state index in [0.717, 1.165) is 43.0 Å². The van der Waals surface area contributed by atoms with E-state index in [0.29, 0.717) is 18.1 Å². The molecule has 0 saturated heterocycles. The van der Waals surface area contributed by atoms with Crippen molar-refractivity contribution in [2.45, 2.75) is 51.0 Å². The second kappa shape index (κ2) is 7.70. The summed E-state index contributed by atoms with van der Waals surface area (Å²) in [6, 6.07) is 23.2. The predicted molar refractivity (Wildman–Crippen MR) is 126 cm³/mol. The number of hydrogen-bond donors (Lipinski definition) is 0. The molecule has 0 N–H and O–H groups in total. The number of carbonyl (C=O) groups is 1. The molecule has 0 unspecified atom stereocenters. The Balaban J connectivity index is 1.20. The van der Waals surface area contributed by atoms with Crippen molar-refractivity contribution in [2.24, 2.45) is 5.92 Å². The van der Waals surface area contributed by atoms with E-state index in [2.05, 4.69) is 76.3 Å². The van der Waals surface area contributed by atoms with E-state index in [1.165, 1.54) is 21.9 Å². The van der Waals surface area contributed by atoms with Crippen LogP contribution in [0.25, 0.3) is 10.8 Å². The summed E-state index contributed by atoms with van der Waals surface area (Å²) >= 11 is 0. The fourth-order valence-corrected chi connectivity index (χ4v) is 5.57. The Morgan fingerprint density at radius 3 is 2.38 bits per heavy atom. The van der Waals surface area contributed by atoms with Crippen molar-refractivity contribution in [1.82, 2.24) is 14.8 Å². The molecule has 2 atom stereocenters. The highest BCUT2D eigenvalue weighted by Gasteiger charge is 2.47. The molecule has 3 aromatic carbocycles. The number of ketones is 1. The van der Waals surface area contributed by atoms with Gasteiger partial charge in [0.15, 0.2) is 0 Å². The third kappa shape index (κ3) is 3.26. The monoisotopic (exact) mass is 421 g/mol. The van der Waals surface area contributed by atoms with Crippen molar-refractivity contribution in [3.63, 3.8) is 0 Å². The van der Waals surface area contributed by atoms with Crippen LogP contribution in [0, 0.1) is 5.92 Å². The van der Waals surface area contributed by atoms with Crippen LogP contribution in [-0.4, -0.2) is 20.5 Å². The largest absolute Gasteiger partial charge is 0.315 e. The van der Waals surface area contributed by atoms with Crippen molar-refractivity contribution in [1.29, 1.82) is 0 Å². The molecule has 1 heterocycles. The first-order valence-electron chi connectivity index (χ1n) is 11.7. The van der Waals surface area contributed by atoms with Crippen LogP contribution in [0.1, 0.15) is 53.5 Å². The molecule has 160 valence electrons. The second-order valence-electron chi connectivity index (χ2n) is 9.26. The maximum atomic E-state index is 13.2. The van der Waals surface area contributed by atoms with Gasteiger partial charge in [0.05, 0.1) is 0 Å². The normalized spacial score (nSPS) is 19.9. The molecule has 2 aliphatic carbocycles. The molecule has 0 aliphatic heterocycles. The van der Waals surface area contributed by atoms with Gasteiger partial charge >= 0.3 is 0 Å². The number of carbonyl (C=O) groups excluding carboxylic acids is 1. The van der Waals surface area contributed by atoms with Crippen molar-refractivity contribution in [3.8, 4) is 0 Å². The van der Waals surface area contributed by atoms with Crippen LogP contribution < -0.4 is 0 Å². The van der Waals surface area contributed by atoms with E-state index < -0.39 is 0 Å². The highest BCUT2D eigenvalue weighted by Crippen LogP contribution is 2.48. The summed E-state index contributed by atoms with van der Waals surface area (Å²) in [6.45, 7) is 3.01. The second-order valence-corrected chi connectivity index (χ2v) is 9.26. The Hall–Kier alpha value is -3.27. The van der Waals surface area contributed by atoms with Crippen LogP contribution in [0.15, 0.2) is 66.7 Å². The maximum Gasteiger partial charge on any atom is 0.141 e. The zero-order chi connectivity index (χ0) is 21.7. The van der Waals surface area contributed by atoms with Gasteiger partial charge in [-0.1, -0.05) is 66.7 Å². The van der Waals surface area contributed by atoms with E-state index >= 15 is 0 Å². The molecule has 4 nitrogen and oxygen atoms in total. The first-order valence-corrected chi connectivity index (χ1v) is 11.7.